The number of rotatable bonds is 2. The zero-order valence-electron chi connectivity index (χ0n) is 8.22. The van der Waals surface area contributed by atoms with Crippen LogP contribution < -0.4 is 11.5 Å². The lowest BCUT2D eigenvalue weighted by molar-refractivity contribution is 0.0994. The minimum atomic E-state index is -0.681. The largest absolute Gasteiger partial charge is 0.396 e. The zero-order valence-corrected chi connectivity index (χ0v) is 8.22. The number of amides is 1. The van der Waals surface area contributed by atoms with Gasteiger partial charge in [-0.25, -0.2) is 9.07 Å². The standard InChI is InChI=1S/C10H9FN4O/c11-6-1-3-7(4-2-6)15-9(10(13)16)8(12)5-14-15/h1-5H,12H2,(H2,13,16). The van der Waals surface area contributed by atoms with Gasteiger partial charge in [-0.1, -0.05) is 0 Å². The molecule has 2 aromatic rings. The number of carbonyl (C=O) groups is 1. The summed E-state index contributed by atoms with van der Waals surface area (Å²) in [6.45, 7) is 0. The van der Waals surface area contributed by atoms with Gasteiger partial charge in [0, 0.05) is 0 Å². The molecule has 1 heterocycles. The molecule has 5 nitrogen and oxygen atoms in total. The highest BCUT2D eigenvalue weighted by molar-refractivity contribution is 5.96. The summed E-state index contributed by atoms with van der Waals surface area (Å²) in [5.41, 5.74) is 11.5. The van der Waals surface area contributed by atoms with E-state index in [1.165, 1.54) is 35.1 Å². The highest BCUT2D eigenvalue weighted by atomic mass is 19.1. The first kappa shape index (κ1) is 10.2. The van der Waals surface area contributed by atoms with Crippen molar-refractivity contribution in [2.24, 2.45) is 5.73 Å². The highest BCUT2D eigenvalue weighted by Crippen LogP contribution is 2.16. The molecule has 0 unspecified atom stereocenters. The first-order valence-electron chi connectivity index (χ1n) is 4.49. The van der Waals surface area contributed by atoms with Crippen molar-refractivity contribution in [1.29, 1.82) is 0 Å². The van der Waals surface area contributed by atoms with Gasteiger partial charge in [0.1, 0.15) is 5.82 Å². The minimum absolute atomic E-state index is 0.0895. The maximum Gasteiger partial charge on any atom is 0.269 e. The fraction of sp³-hybridized carbons (Fsp3) is 0. The van der Waals surface area contributed by atoms with E-state index in [1.807, 2.05) is 0 Å². The van der Waals surface area contributed by atoms with Crippen LogP contribution >= 0.6 is 0 Å². The molecule has 1 aromatic carbocycles. The Hall–Kier alpha value is -2.37. The van der Waals surface area contributed by atoms with Crippen LogP contribution in [0.15, 0.2) is 30.5 Å². The summed E-state index contributed by atoms with van der Waals surface area (Å²) in [5.74, 6) is -1.05. The predicted octanol–water partition coefficient (Wildman–Crippen LogP) is 0.692. The molecule has 4 N–H and O–H groups in total. The molecule has 1 aromatic heterocycles. The van der Waals surface area contributed by atoms with Crippen molar-refractivity contribution in [3.63, 3.8) is 0 Å². The number of primary amides is 1. The fourth-order valence-electron chi connectivity index (χ4n) is 1.39. The van der Waals surface area contributed by atoms with E-state index in [-0.39, 0.29) is 17.2 Å². The number of carbonyl (C=O) groups excluding carboxylic acids is 1. The van der Waals surface area contributed by atoms with E-state index in [0.29, 0.717) is 5.69 Å². The van der Waals surface area contributed by atoms with Gasteiger partial charge in [-0.15, -0.1) is 0 Å². The number of anilines is 1. The van der Waals surface area contributed by atoms with Gasteiger partial charge in [-0.3, -0.25) is 4.79 Å². The van der Waals surface area contributed by atoms with Crippen LogP contribution in [0, 0.1) is 5.82 Å². The number of nitrogens with two attached hydrogens (primary N) is 2. The van der Waals surface area contributed by atoms with Crippen LogP contribution in [-0.4, -0.2) is 15.7 Å². The first-order valence-corrected chi connectivity index (χ1v) is 4.49. The van der Waals surface area contributed by atoms with Crippen LogP contribution in [0.5, 0.6) is 0 Å². The smallest absolute Gasteiger partial charge is 0.269 e. The number of nitrogen functional groups attached to an aromatic ring is 1. The summed E-state index contributed by atoms with van der Waals surface area (Å²) in [6, 6.07) is 5.48. The van der Waals surface area contributed by atoms with Crippen molar-refractivity contribution in [1.82, 2.24) is 9.78 Å². The van der Waals surface area contributed by atoms with Crippen LogP contribution in [0.25, 0.3) is 5.69 Å². The minimum Gasteiger partial charge on any atom is -0.396 e. The summed E-state index contributed by atoms with van der Waals surface area (Å²) >= 11 is 0. The van der Waals surface area contributed by atoms with E-state index in [2.05, 4.69) is 5.10 Å². The van der Waals surface area contributed by atoms with Crippen LogP contribution in [0.2, 0.25) is 0 Å². The molecule has 2 rings (SSSR count). The van der Waals surface area contributed by atoms with Gasteiger partial charge in [-0.2, -0.15) is 5.10 Å². The van der Waals surface area contributed by atoms with Gasteiger partial charge in [-0.05, 0) is 24.3 Å². The molecule has 82 valence electrons. The highest BCUT2D eigenvalue weighted by Gasteiger charge is 2.14. The third-order valence-corrected chi connectivity index (χ3v) is 2.10. The van der Waals surface area contributed by atoms with Crippen LogP contribution in [0.1, 0.15) is 10.5 Å². The van der Waals surface area contributed by atoms with Crippen LogP contribution in [0.4, 0.5) is 10.1 Å². The van der Waals surface area contributed by atoms with Crippen molar-refractivity contribution in [2.75, 3.05) is 5.73 Å². The first-order chi connectivity index (χ1) is 7.59. The van der Waals surface area contributed by atoms with Crippen molar-refractivity contribution < 1.29 is 9.18 Å². The molecule has 6 heteroatoms. The van der Waals surface area contributed by atoms with Crippen molar-refractivity contribution in [3.8, 4) is 5.69 Å². The lowest BCUT2D eigenvalue weighted by Gasteiger charge is -2.04. The Bertz CT molecular complexity index is 532. The maximum absolute atomic E-state index is 12.7. The number of hydrogen-bond acceptors (Lipinski definition) is 3. The zero-order chi connectivity index (χ0) is 11.7. The summed E-state index contributed by atoms with van der Waals surface area (Å²) in [4.78, 5) is 11.2. The molecule has 16 heavy (non-hydrogen) atoms. The van der Waals surface area contributed by atoms with Gasteiger partial charge >= 0.3 is 0 Å². The molecule has 0 atom stereocenters. The Morgan fingerprint density at radius 2 is 1.94 bits per heavy atom. The van der Waals surface area contributed by atoms with Gasteiger partial charge in [0.2, 0.25) is 0 Å². The summed E-state index contributed by atoms with van der Waals surface area (Å²) in [7, 11) is 0. The molecule has 1 amide bonds. The second-order valence-electron chi connectivity index (χ2n) is 3.20. The second kappa shape index (κ2) is 3.65. The van der Waals surface area contributed by atoms with Crippen molar-refractivity contribution in [3.05, 3.63) is 42.0 Å². The normalized spacial score (nSPS) is 10.3. The molecule has 0 aliphatic rings. The monoisotopic (exact) mass is 220 g/mol. The summed E-state index contributed by atoms with van der Waals surface area (Å²) in [5, 5.41) is 3.91. The molecule has 0 saturated carbocycles. The lowest BCUT2D eigenvalue weighted by Crippen LogP contribution is -2.18. The Kier molecular flexibility index (Phi) is 2.32. The van der Waals surface area contributed by atoms with E-state index >= 15 is 0 Å². The number of hydrogen-bond donors (Lipinski definition) is 2. The number of nitrogens with zero attached hydrogens (tertiary/aromatic N) is 2. The Balaban J connectivity index is 2.56. The van der Waals surface area contributed by atoms with E-state index < -0.39 is 5.91 Å². The second-order valence-corrected chi connectivity index (χ2v) is 3.20. The SMILES string of the molecule is NC(=O)c1c(N)cnn1-c1ccc(F)cc1. The third-order valence-electron chi connectivity index (χ3n) is 2.10. The van der Waals surface area contributed by atoms with E-state index in [0.717, 1.165) is 0 Å². The average Bonchev–Trinajstić information content (AvgIpc) is 2.61. The quantitative estimate of drug-likeness (QED) is 0.780. The van der Waals surface area contributed by atoms with Crippen molar-refractivity contribution in [2.45, 2.75) is 0 Å². The van der Waals surface area contributed by atoms with Gasteiger partial charge in [0.25, 0.3) is 5.91 Å². The molecular weight excluding hydrogens is 211 g/mol. The Labute approximate surface area is 90.5 Å². The number of aromatic nitrogens is 2. The molecule has 0 aliphatic carbocycles. The molecule has 0 spiro atoms. The van der Waals surface area contributed by atoms with E-state index in [4.69, 9.17) is 11.5 Å². The molecule has 0 fully saturated rings. The molecule has 0 aliphatic heterocycles. The van der Waals surface area contributed by atoms with Gasteiger partial charge < -0.3 is 11.5 Å². The van der Waals surface area contributed by atoms with Crippen LogP contribution in [0.3, 0.4) is 0 Å². The van der Waals surface area contributed by atoms with E-state index in [1.54, 1.807) is 0 Å². The van der Waals surface area contributed by atoms with Gasteiger partial charge in [0.15, 0.2) is 5.69 Å². The van der Waals surface area contributed by atoms with E-state index in [9.17, 15) is 9.18 Å². The maximum atomic E-state index is 12.7. The van der Waals surface area contributed by atoms with Crippen LogP contribution in [-0.2, 0) is 0 Å². The number of benzene rings is 1. The lowest BCUT2D eigenvalue weighted by atomic mass is 10.3. The average molecular weight is 220 g/mol. The third kappa shape index (κ3) is 1.60. The molecule has 0 bridgehead atoms. The fourth-order valence-corrected chi connectivity index (χ4v) is 1.39. The number of halogens is 1. The van der Waals surface area contributed by atoms with Crippen molar-refractivity contribution >= 4 is 11.6 Å². The Morgan fingerprint density at radius 1 is 1.31 bits per heavy atom. The molecule has 0 saturated heterocycles. The van der Waals surface area contributed by atoms with Gasteiger partial charge in [0.05, 0.1) is 17.6 Å². The molecular formula is C10H9FN4O. The topological polar surface area (TPSA) is 86.9 Å². The molecule has 0 radical (unpaired) electrons. The summed E-state index contributed by atoms with van der Waals surface area (Å²) in [6.07, 6.45) is 1.32. The predicted molar refractivity (Wildman–Crippen MR) is 56.5 cm³/mol. The summed E-state index contributed by atoms with van der Waals surface area (Å²) < 4.78 is 14.0. The Morgan fingerprint density at radius 3 is 2.50 bits per heavy atom.